The van der Waals surface area contributed by atoms with Crippen molar-refractivity contribution in [3.05, 3.63) is 59.4 Å². The van der Waals surface area contributed by atoms with Crippen molar-refractivity contribution >= 4 is 17.7 Å². The molecule has 0 bridgehead atoms. The Morgan fingerprint density at radius 2 is 1.96 bits per heavy atom. The van der Waals surface area contributed by atoms with Gasteiger partial charge in [0.15, 0.2) is 0 Å². The number of hydrogen-bond acceptors (Lipinski definition) is 4. The van der Waals surface area contributed by atoms with E-state index in [0.717, 1.165) is 23.5 Å². The Bertz CT molecular complexity index is 795. The lowest BCUT2D eigenvalue weighted by Gasteiger charge is -2.32. The molecule has 7 heteroatoms. The Balaban J connectivity index is 1.75. The minimum absolute atomic E-state index is 0.0323. The zero-order chi connectivity index (χ0) is 19.9. The van der Waals surface area contributed by atoms with Crippen LogP contribution in [-0.4, -0.2) is 52.1 Å². The van der Waals surface area contributed by atoms with Crippen molar-refractivity contribution in [2.75, 3.05) is 46.2 Å². The number of amides is 1. The van der Waals surface area contributed by atoms with Gasteiger partial charge in [0.1, 0.15) is 30.7 Å². The minimum Gasteiger partial charge on any atom is -0.496 e. The highest BCUT2D eigenvalue weighted by Gasteiger charge is 2.27. The second-order valence-electron chi connectivity index (χ2n) is 6.65. The highest BCUT2D eigenvalue weighted by molar-refractivity contribution is 7.98. The van der Waals surface area contributed by atoms with Crippen LogP contribution in [-0.2, 0) is 4.74 Å². The summed E-state index contributed by atoms with van der Waals surface area (Å²) in [5.41, 5.74) is 1.51. The van der Waals surface area contributed by atoms with E-state index in [1.165, 1.54) is 17.0 Å². The molecule has 28 heavy (non-hydrogen) atoms. The summed E-state index contributed by atoms with van der Waals surface area (Å²) in [4.78, 5) is 15.2. The maximum absolute atomic E-state index is 13.4. The molecule has 0 aliphatic carbocycles. The van der Waals surface area contributed by atoms with Crippen LogP contribution in [0, 0.1) is 5.82 Å². The average Bonchev–Trinajstić information content (AvgIpc) is 2.75. The van der Waals surface area contributed by atoms with Crippen LogP contribution in [0.2, 0.25) is 0 Å². The summed E-state index contributed by atoms with van der Waals surface area (Å²) in [6.45, 7) is 3.52. The Hall–Kier alpha value is -2.09. The Morgan fingerprint density at radius 1 is 1.25 bits per heavy atom. The number of quaternary nitrogens is 1. The molecule has 0 aromatic heterocycles. The number of methoxy groups -OCH3 is 1. The summed E-state index contributed by atoms with van der Waals surface area (Å²) < 4.78 is 24.2. The van der Waals surface area contributed by atoms with Gasteiger partial charge in [0.05, 0.1) is 32.4 Å². The van der Waals surface area contributed by atoms with Gasteiger partial charge in [-0.2, -0.15) is 0 Å². The monoisotopic (exact) mass is 405 g/mol. The molecule has 2 aromatic carbocycles. The van der Waals surface area contributed by atoms with Crippen LogP contribution in [0.15, 0.2) is 47.4 Å². The summed E-state index contributed by atoms with van der Waals surface area (Å²) in [5, 5.41) is 3.04. The fourth-order valence-electron chi connectivity index (χ4n) is 3.45. The lowest BCUT2D eigenvalue weighted by atomic mass is 10.0. The largest absolute Gasteiger partial charge is 0.496 e. The molecule has 1 fully saturated rings. The SMILES string of the molecule is COc1cc(SC)ccc1C(=O)NC[C@@H](c1ccc(F)cc1)[NH+]1CCOCC1. The molecule has 150 valence electrons. The summed E-state index contributed by atoms with van der Waals surface area (Å²) in [6.07, 6.45) is 1.98. The number of halogens is 1. The van der Waals surface area contributed by atoms with Gasteiger partial charge in [-0.25, -0.2) is 4.39 Å². The fraction of sp³-hybridized carbons (Fsp3) is 0.381. The van der Waals surface area contributed by atoms with Crippen LogP contribution in [0.4, 0.5) is 4.39 Å². The van der Waals surface area contributed by atoms with Crippen molar-refractivity contribution in [1.82, 2.24) is 5.32 Å². The number of carbonyl (C=O) groups excluding carboxylic acids is 1. The lowest BCUT2D eigenvalue weighted by Crippen LogP contribution is -3.15. The molecule has 0 radical (unpaired) electrons. The number of carbonyl (C=O) groups is 1. The predicted octanol–water partition coefficient (Wildman–Crippen LogP) is 1.94. The molecule has 2 aromatic rings. The van der Waals surface area contributed by atoms with Gasteiger partial charge in [-0.15, -0.1) is 11.8 Å². The number of hydrogen-bond donors (Lipinski definition) is 2. The highest BCUT2D eigenvalue weighted by atomic mass is 32.2. The topological polar surface area (TPSA) is 52.0 Å². The first-order chi connectivity index (χ1) is 13.6. The van der Waals surface area contributed by atoms with Crippen LogP contribution in [0.3, 0.4) is 0 Å². The number of benzene rings is 2. The first kappa shape index (κ1) is 20.6. The molecular formula is C21H26FN2O3S+. The maximum atomic E-state index is 13.4. The van der Waals surface area contributed by atoms with Crippen molar-refractivity contribution in [3.8, 4) is 5.75 Å². The molecular weight excluding hydrogens is 379 g/mol. The predicted molar refractivity (Wildman–Crippen MR) is 108 cm³/mol. The molecule has 1 amide bonds. The molecule has 0 saturated carbocycles. The number of rotatable bonds is 7. The zero-order valence-electron chi connectivity index (χ0n) is 16.2. The third kappa shape index (κ3) is 5.04. The summed E-state index contributed by atoms with van der Waals surface area (Å²) in [6, 6.07) is 12.1. The van der Waals surface area contributed by atoms with E-state index in [2.05, 4.69) is 5.32 Å². The van der Waals surface area contributed by atoms with E-state index in [1.807, 2.05) is 18.4 Å². The maximum Gasteiger partial charge on any atom is 0.255 e. The van der Waals surface area contributed by atoms with Gasteiger partial charge >= 0.3 is 0 Å². The molecule has 1 saturated heterocycles. The van der Waals surface area contributed by atoms with E-state index in [-0.39, 0.29) is 17.8 Å². The van der Waals surface area contributed by atoms with Gasteiger partial charge < -0.3 is 19.7 Å². The highest BCUT2D eigenvalue weighted by Crippen LogP contribution is 2.25. The van der Waals surface area contributed by atoms with Crippen molar-refractivity contribution < 1.29 is 23.6 Å². The smallest absolute Gasteiger partial charge is 0.255 e. The molecule has 1 heterocycles. The van der Waals surface area contributed by atoms with Crippen LogP contribution in [0.5, 0.6) is 5.75 Å². The van der Waals surface area contributed by atoms with Gasteiger partial charge in [-0.05, 0) is 36.6 Å². The van der Waals surface area contributed by atoms with Gasteiger partial charge in [0, 0.05) is 10.5 Å². The Morgan fingerprint density at radius 3 is 2.61 bits per heavy atom. The molecule has 1 atom stereocenters. The summed E-state index contributed by atoms with van der Waals surface area (Å²) >= 11 is 1.60. The lowest BCUT2D eigenvalue weighted by molar-refractivity contribution is -0.937. The quantitative estimate of drug-likeness (QED) is 0.692. The van der Waals surface area contributed by atoms with Crippen molar-refractivity contribution in [1.29, 1.82) is 0 Å². The number of ether oxygens (including phenoxy) is 2. The van der Waals surface area contributed by atoms with Crippen molar-refractivity contribution in [2.45, 2.75) is 10.9 Å². The molecule has 3 rings (SSSR count). The summed E-state index contributed by atoms with van der Waals surface area (Å²) in [7, 11) is 1.56. The first-order valence-corrected chi connectivity index (χ1v) is 10.5. The summed E-state index contributed by atoms with van der Waals surface area (Å²) in [5.74, 6) is 0.118. The third-order valence-corrected chi connectivity index (χ3v) is 5.75. The van der Waals surface area contributed by atoms with Crippen LogP contribution >= 0.6 is 11.8 Å². The molecule has 5 nitrogen and oxygen atoms in total. The molecule has 2 N–H and O–H groups in total. The van der Waals surface area contributed by atoms with Crippen LogP contribution < -0.4 is 15.0 Å². The van der Waals surface area contributed by atoms with Crippen molar-refractivity contribution in [3.63, 3.8) is 0 Å². The van der Waals surface area contributed by atoms with E-state index in [0.29, 0.717) is 31.1 Å². The second kappa shape index (κ2) is 9.91. The number of nitrogens with one attached hydrogen (secondary N) is 2. The normalized spacial score (nSPS) is 15.8. The van der Waals surface area contributed by atoms with E-state index < -0.39 is 0 Å². The van der Waals surface area contributed by atoms with Gasteiger partial charge in [0.2, 0.25) is 0 Å². The molecule has 0 unspecified atom stereocenters. The molecule has 1 aliphatic heterocycles. The van der Waals surface area contributed by atoms with E-state index in [4.69, 9.17) is 9.47 Å². The van der Waals surface area contributed by atoms with E-state index >= 15 is 0 Å². The van der Waals surface area contributed by atoms with E-state index in [9.17, 15) is 9.18 Å². The van der Waals surface area contributed by atoms with Crippen LogP contribution in [0.25, 0.3) is 0 Å². The standard InChI is InChI=1S/C21H25FN2O3S/c1-26-20-13-17(28-2)7-8-18(20)21(25)23-14-19(24-9-11-27-12-10-24)15-3-5-16(22)6-4-15/h3-8,13,19H,9-12,14H2,1-2H3,(H,23,25)/p+1/t19-/m0/s1. The van der Waals surface area contributed by atoms with Gasteiger partial charge in [-0.3, -0.25) is 4.79 Å². The third-order valence-electron chi connectivity index (χ3n) is 5.02. The molecule has 0 spiro atoms. The van der Waals surface area contributed by atoms with Gasteiger partial charge in [-0.1, -0.05) is 12.1 Å². The Kier molecular flexibility index (Phi) is 7.30. The van der Waals surface area contributed by atoms with E-state index in [1.54, 1.807) is 37.1 Å². The number of thioether (sulfide) groups is 1. The first-order valence-electron chi connectivity index (χ1n) is 9.30. The van der Waals surface area contributed by atoms with Crippen LogP contribution in [0.1, 0.15) is 22.0 Å². The Labute approximate surface area is 169 Å². The fourth-order valence-corrected chi connectivity index (χ4v) is 3.88. The van der Waals surface area contributed by atoms with Gasteiger partial charge in [0.25, 0.3) is 5.91 Å². The average molecular weight is 406 g/mol. The molecule has 1 aliphatic rings. The second-order valence-corrected chi connectivity index (χ2v) is 7.53. The van der Waals surface area contributed by atoms with Crippen molar-refractivity contribution in [2.24, 2.45) is 0 Å². The number of morpholine rings is 1. The minimum atomic E-state index is -0.262. The zero-order valence-corrected chi connectivity index (χ0v) is 17.0.